The van der Waals surface area contributed by atoms with Gasteiger partial charge in [-0.3, -0.25) is 0 Å². The number of nitrogens with zero attached hydrogens (tertiary/aromatic N) is 1. The molecule has 0 aliphatic carbocycles. The van der Waals surface area contributed by atoms with Crippen LogP contribution in [0.25, 0.3) is 92.8 Å². The molecule has 0 aliphatic heterocycles. The molecule has 0 atom stereocenters. The van der Waals surface area contributed by atoms with E-state index in [0.29, 0.717) is 0 Å². The van der Waals surface area contributed by atoms with Gasteiger partial charge in [-0.05, 0) is 95.7 Å². The third-order valence-corrected chi connectivity index (χ3v) is 13.1. The lowest BCUT2D eigenvalue weighted by molar-refractivity contribution is 1.18. The Bertz CT molecular complexity index is 3170. The van der Waals surface area contributed by atoms with Crippen LogP contribution in [0.1, 0.15) is 0 Å². The van der Waals surface area contributed by atoms with Gasteiger partial charge in [0.05, 0.1) is 20.6 Å². The zero-order valence-corrected chi connectivity index (χ0v) is 31.1. The smallest absolute Gasteiger partial charge is 0.0875 e. The van der Waals surface area contributed by atoms with E-state index in [9.17, 15) is 0 Å². The molecule has 0 aliphatic rings. The van der Waals surface area contributed by atoms with Gasteiger partial charge in [0.15, 0.2) is 0 Å². The van der Waals surface area contributed by atoms with E-state index >= 15 is 0 Å². The van der Waals surface area contributed by atoms with Crippen molar-refractivity contribution >= 4 is 84.8 Å². The maximum atomic E-state index is 2.52. The van der Waals surface area contributed by atoms with Crippen molar-refractivity contribution in [3.63, 3.8) is 0 Å². The third-order valence-electron chi connectivity index (χ3n) is 11.4. The first-order valence-electron chi connectivity index (χ1n) is 18.8. The molecule has 1 nitrogen and oxygen atoms in total. The Labute approximate surface area is 316 Å². The Morgan fingerprint density at radius 2 is 0.852 bits per heavy atom. The molecule has 11 rings (SSSR count). The normalized spacial score (nSPS) is 12.0. The molecule has 1 heterocycles. The van der Waals surface area contributed by atoms with Crippen LogP contribution in [0.3, 0.4) is 0 Å². The van der Waals surface area contributed by atoms with Crippen LogP contribution in [-0.2, 0) is 0 Å². The van der Waals surface area contributed by atoms with Crippen molar-refractivity contribution in [3.05, 3.63) is 200 Å². The molecule has 0 N–H and O–H groups in total. The molecule has 0 fully saturated rings. The summed E-state index contributed by atoms with van der Waals surface area (Å²) in [5.74, 6) is 0. The van der Waals surface area contributed by atoms with Crippen LogP contribution >= 0.6 is 0 Å². The maximum absolute atomic E-state index is 2.52. The van der Waals surface area contributed by atoms with Gasteiger partial charge in [0.25, 0.3) is 0 Å². The molecule has 0 saturated carbocycles. The number of fused-ring (bicyclic) bond motifs is 8. The van der Waals surface area contributed by atoms with Crippen LogP contribution in [0.4, 0.5) is 0 Å². The molecule has 0 amide bonds. The molecule has 252 valence electrons. The lowest BCUT2D eigenvalue weighted by Crippen LogP contribution is -2.26. The molecular weight excluding hydrogens is 667 g/mol. The summed E-state index contributed by atoms with van der Waals surface area (Å²) in [6.45, 7) is 0. The van der Waals surface area contributed by atoms with Gasteiger partial charge in [0, 0.05) is 16.5 Å². The number of benzene rings is 10. The van der Waals surface area contributed by atoms with Crippen LogP contribution in [0, 0.1) is 0 Å². The Kier molecular flexibility index (Phi) is 7.11. The van der Waals surface area contributed by atoms with E-state index in [-0.39, 0.29) is 0 Å². The second kappa shape index (κ2) is 12.4. The molecule has 54 heavy (non-hydrogen) atoms. The van der Waals surface area contributed by atoms with Crippen molar-refractivity contribution in [2.75, 3.05) is 0 Å². The van der Waals surface area contributed by atoms with Gasteiger partial charge in [0.1, 0.15) is 0 Å². The molecule has 2 heteroatoms. The Morgan fingerprint density at radius 3 is 1.56 bits per heavy atom. The van der Waals surface area contributed by atoms with E-state index < -0.39 is 9.52 Å². The molecule has 0 spiro atoms. The summed E-state index contributed by atoms with van der Waals surface area (Å²) in [5.41, 5.74) is 8.74. The van der Waals surface area contributed by atoms with Gasteiger partial charge in [-0.15, -0.1) is 0 Å². The van der Waals surface area contributed by atoms with Gasteiger partial charge in [-0.25, -0.2) is 0 Å². The summed E-state index contributed by atoms with van der Waals surface area (Å²) in [5, 5.41) is 15.8. The zero-order valence-electron chi connectivity index (χ0n) is 29.7. The van der Waals surface area contributed by atoms with Crippen molar-refractivity contribution in [1.82, 2.24) is 4.57 Å². The number of hydrogen-bond donors (Lipinski definition) is 0. The lowest BCUT2D eigenvalue weighted by atomic mass is 9.84. The van der Waals surface area contributed by atoms with Crippen molar-refractivity contribution in [1.29, 1.82) is 0 Å². The van der Waals surface area contributed by atoms with Crippen LogP contribution in [0.15, 0.2) is 200 Å². The summed E-state index contributed by atoms with van der Waals surface area (Å²) in [6.07, 6.45) is 0. The standard InChI is InChI=1S/C52H35NSi/c1-2-15-37(16-3-1)54-38-30-31-46-48(33-38)51(34-26-28-36(29-27-34)53-49-24-12-10-20-42(49)43-21-11-13-25-50(43)53)44-22-8-9-23-45(44)52(46)47-32-35-14-4-5-17-39(35)40-18-6-7-19-41(40)47/h1-33H,54H2. The SMILES string of the molecule is c1ccc([SiH2]c2ccc3c(-c4cc5ccccc5c5ccccc45)c4ccccc4c(-c4ccc(-n5c6ccccc6c6ccccc65)cc4)c3c2)cc1. The summed E-state index contributed by atoms with van der Waals surface area (Å²) < 4.78 is 2.40. The minimum Gasteiger partial charge on any atom is -0.309 e. The first-order valence-corrected chi connectivity index (χ1v) is 20.2. The lowest BCUT2D eigenvalue weighted by Gasteiger charge is -2.20. The average molecular weight is 702 g/mol. The van der Waals surface area contributed by atoms with Crippen molar-refractivity contribution in [3.8, 4) is 27.9 Å². The highest BCUT2D eigenvalue weighted by molar-refractivity contribution is 6.67. The van der Waals surface area contributed by atoms with Crippen LogP contribution in [0.2, 0.25) is 0 Å². The zero-order chi connectivity index (χ0) is 35.6. The van der Waals surface area contributed by atoms with Crippen LogP contribution in [0.5, 0.6) is 0 Å². The topological polar surface area (TPSA) is 4.93 Å². The van der Waals surface area contributed by atoms with Gasteiger partial charge in [-0.1, -0.05) is 180 Å². The van der Waals surface area contributed by atoms with Gasteiger partial charge in [-0.2, -0.15) is 0 Å². The molecule has 11 aromatic rings. The molecule has 0 unspecified atom stereocenters. The number of aromatic nitrogens is 1. The van der Waals surface area contributed by atoms with Crippen LogP contribution < -0.4 is 10.4 Å². The quantitative estimate of drug-likeness (QED) is 0.0956. The fourth-order valence-electron chi connectivity index (χ4n) is 9.01. The molecule has 0 radical (unpaired) electrons. The molecular formula is C52H35NSi. The second-order valence-electron chi connectivity index (χ2n) is 14.4. The van der Waals surface area contributed by atoms with Crippen molar-refractivity contribution in [2.24, 2.45) is 0 Å². The summed E-state index contributed by atoms with van der Waals surface area (Å²) in [4.78, 5) is 0. The van der Waals surface area contributed by atoms with E-state index in [2.05, 4.69) is 205 Å². The molecule has 10 aromatic carbocycles. The van der Waals surface area contributed by atoms with E-state index in [1.54, 1.807) is 0 Å². The minimum atomic E-state index is -0.685. The first kappa shape index (κ1) is 30.8. The fourth-order valence-corrected chi connectivity index (χ4v) is 10.5. The molecule has 1 aromatic heterocycles. The fraction of sp³-hybridized carbons (Fsp3) is 0. The summed E-state index contributed by atoms with van der Waals surface area (Å²) in [7, 11) is -0.685. The number of hydrogen-bond acceptors (Lipinski definition) is 0. The van der Waals surface area contributed by atoms with Gasteiger partial charge < -0.3 is 4.57 Å². The first-order chi connectivity index (χ1) is 26.8. The van der Waals surface area contributed by atoms with Crippen molar-refractivity contribution < 1.29 is 0 Å². The Morgan fingerprint density at radius 1 is 0.315 bits per heavy atom. The van der Waals surface area contributed by atoms with E-state index in [4.69, 9.17) is 0 Å². The monoisotopic (exact) mass is 701 g/mol. The van der Waals surface area contributed by atoms with Crippen molar-refractivity contribution in [2.45, 2.75) is 0 Å². The highest BCUT2D eigenvalue weighted by Crippen LogP contribution is 2.46. The minimum absolute atomic E-state index is 0.685. The van der Waals surface area contributed by atoms with E-state index in [0.717, 1.165) is 0 Å². The van der Waals surface area contributed by atoms with Gasteiger partial charge >= 0.3 is 0 Å². The third kappa shape index (κ3) is 4.85. The van der Waals surface area contributed by atoms with E-state index in [1.807, 2.05) is 0 Å². The molecule has 0 saturated heterocycles. The predicted octanol–water partition coefficient (Wildman–Crippen LogP) is 11.9. The predicted molar refractivity (Wildman–Crippen MR) is 236 cm³/mol. The maximum Gasteiger partial charge on any atom is 0.0875 e. The van der Waals surface area contributed by atoms with Gasteiger partial charge in [0.2, 0.25) is 0 Å². The largest absolute Gasteiger partial charge is 0.309 e. The average Bonchev–Trinajstić information content (AvgIpc) is 3.57. The summed E-state index contributed by atoms with van der Waals surface area (Å²) in [6, 6.07) is 74.4. The van der Waals surface area contributed by atoms with E-state index in [1.165, 1.54) is 103 Å². The number of rotatable bonds is 5. The second-order valence-corrected chi connectivity index (χ2v) is 16.4. The Hall–Kier alpha value is -6.74. The Balaban J connectivity index is 1.19. The van der Waals surface area contributed by atoms with Crippen LogP contribution in [-0.4, -0.2) is 14.1 Å². The summed E-state index contributed by atoms with van der Waals surface area (Å²) >= 11 is 0. The highest BCUT2D eigenvalue weighted by atomic mass is 28.2. The number of para-hydroxylation sites is 2. The highest BCUT2D eigenvalue weighted by Gasteiger charge is 2.20. The molecule has 0 bridgehead atoms.